The van der Waals surface area contributed by atoms with Crippen LogP contribution in [-0.4, -0.2) is 22.8 Å². The third kappa shape index (κ3) is 11.6. The lowest BCUT2D eigenvalue weighted by atomic mass is 10.1. The van der Waals surface area contributed by atoms with Crippen LogP contribution in [0.1, 0.15) is 101 Å². The fourth-order valence-electron chi connectivity index (χ4n) is 4.68. The summed E-state index contributed by atoms with van der Waals surface area (Å²) in [6.45, 7) is 4.92. The summed E-state index contributed by atoms with van der Waals surface area (Å²) in [5.74, 6) is 1.14. The lowest BCUT2D eigenvalue weighted by Crippen LogP contribution is -2.09. The van der Waals surface area contributed by atoms with Crippen molar-refractivity contribution in [3.63, 3.8) is 0 Å². The van der Waals surface area contributed by atoms with Crippen molar-refractivity contribution in [2.24, 2.45) is 0 Å². The number of benzene rings is 3. The molecule has 0 aromatic heterocycles. The van der Waals surface area contributed by atoms with Crippen LogP contribution in [0.4, 0.5) is 0 Å². The van der Waals surface area contributed by atoms with Gasteiger partial charge in [-0.1, -0.05) is 101 Å². The lowest BCUT2D eigenvalue weighted by Gasteiger charge is -2.15. The molecule has 6 nitrogen and oxygen atoms in total. The zero-order valence-electron chi connectivity index (χ0n) is 25.1. The molecule has 42 heavy (non-hydrogen) atoms. The monoisotopic (exact) mass is 574 g/mol. The van der Waals surface area contributed by atoms with E-state index in [4.69, 9.17) is 14.2 Å². The second-order valence-electron chi connectivity index (χ2n) is 10.5. The molecule has 1 atom stereocenters. The molecular formula is C36H46O6. The Bertz CT molecular complexity index is 1240. The zero-order chi connectivity index (χ0) is 30.0. The molecule has 226 valence electrons. The van der Waals surface area contributed by atoms with Gasteiger partial charge in [0.05, 0.1) is 6.61 Å². The molecule has 1 unspecified atom stereocenters. The SMILES string of the molecule is CCCCCCCCCCCC(=O)Oc1cc(OCC)ccc1C=CC(O)c1ccc(O)cc1OCc1ccccc1. The van der Waals surface area contributed by atoms with Crippen molar-refractivity contribution >= 4 is 12.0 Å². The van der Waals surface area contributed by atoms with E-state index in [-0.39, 0.29) is 11.7 Å². The molecule has 6 heteroatoms. The summed E-state index contributed by atoms with van der Waals surface area (Å²) in [6.07, 6.45) is 13.3. The van der Waals surface area contributed by atoms with E-state index >= 15 is 0 Å². The summed E-state index contributed by atoms with van der Waals surface area (Å²) in [5.41, 5.74) is 2.12. The van der Waals surface area contributed by atoms with Crippen LogP contribution < -0.4 is 14.2 Å². The topological polar surface area (TPSA) is 85.2 Å². The molecule has 0 amide bonds. The van der Waals surface area contributed by atoms with Crippen molar-refractivity contribution in [2.75, 3.05) is 6.61 Å². The Kier molecular flexibility index (Phi) is 14.5. The molecule has 3 aromatic rings. The Morgan fingerprint density at radius 2 is 1.52 bits per heavy atom. The number of aromatic hydroxyl groups is 1. The highest BCUT2D eigenvalue weighted by molar-refractivity contribution is 5.74. The fraction of sp³-hybridized carbons (Fsp3) is 0.417. The van der Waals surface area contributed by atoms with Crippen LogP contribution in [-0.2, 0) is 11.4 Å². The molecule has 0 saturated heterocycles. The molecule has 2 N–H and O–H groups in total. The third-order valence-electron chi connectivity index (χ3n) is 7.02. The standard InChI is InChI=1S/C36H46O6/c1-3-5-6-7-8-9-10-11-15-18-36(39)42-34-26-31(40-4-2)22-19-29(34)20-24-33(38)32-23-21-30(37)25-35(32)41-27-28-16-13-12-14-17-28/h12-14,16-17,19-26,33,37-38H,3-11,15,18,27H2,1-2H3. The van der Waals surface area contributed by atoms with E-state index < -0.39 is 6.10 Å². The number of carbonyl (C=O) groups excluding carboxylic acids is 1. The molecule has 3 rings (SSSR count). The highest BCUT2D eigenvalue weighted by Gasteiger charge is 2.14. The predicted molar refractivity (Wildman–Crippen MR) is 168 cm³/mol. The van der Waals surface area contributed by atoms with E-state index in [1.807, 2.05) is 43.3 Å². The lowest BCUT2D eigenvalue weighted by molar-refractivity contribution is -0.134. The number of phenols is 1. The van der Waals surface area contributed by atoms with E-state index in [2.05, 4.69) is 6.92 Å². The molecule has 0 saturated carbocycles. The second kappa shape index (κ2) is 18.6. The van der Waals surface area contributed by atoms with Crippen LogP contribution in [0.25, 0.3) is 6.08 Å². The molecule has 3 aromatic carbocycles. The second-order valence-corrected chi connectivity index (χ2v) is 10.5. The maximum atomic E-state index is 12.7. The van der Waals surface area contributed by atoms with Crippen LogP contribution in [0, 0.1) is 0 Å². The Hall–Kier alpha value is -3.77. The number of aliphatic hydroxyl groups is 1. The van der Waals surface area contributed by atoms with Crippen molar-refractivity contribution in [1.82, 2.24) is 0 Å². The highest BCUT2D eigenvalue weighted by atomic mass is 16.5. The quantitative estimate of drug-likeness (QED) is 0.0844. The average Bonchev–Trinajstić information content (AvgIpc) is 2.99. The third-order valence-corrected chi connectivity index (χ3v) is 7.02. The molecule has 0 aliphatic heterocycles. The maximum absolute atomic E-state index is 12.7. The van der Waals surface area contributed by atoms with Crippen molar-refractivity contribution in [2.45, 2.75) is 90.8 Å². The number of unbranched alkanes of at least 4 members (excludes halogenated alkanes) is 8. The van der Waals surface area contributed by atoms with Crippen LogP contribution in [0.15, 0.2) is 72.8 Å². The summed E-state index contributed by atoms with van der Waals surface area (Å²) in [6, 6.07) is 19.6. The molecule has 0 aliphatic carbocycles. The minimum Gasteiger partial charge on any atom is -0.508 e. The number of esters is 1. The van der Waals surface area contributed by atoms with Crippen LogP contribution in [0.3, 0.4) is 0 Å². The van der Waals surface area contributed by atoms with Gasteiger partial charge in [0, 0.05) is 29.7 Å². The van der Waals surface area contributed by atoms with Gasteiger partial charge in [0.15, 0.2) is 0 Å². The number of phenolic OH excluding ortho intramolecular Hbond substituents is 1. The van der Waals surface area contributed by atoms with Crippen LogP contribution in [0.5, 0.6) is 23.0 Å². The van der Waals surface area contributed by atoms with Gasteiger partial charge in [0.1, 0.15) is 35.7 Å². The number of hydrogen-bond acceptors (Lipinski definition) is 6. The van der Waals surface area contributed by atoms with Crippen LogP contribution >= 0.6 is 0 Å². The molecule has 0 spiro atoms. The summed E-state index contributed by atoms with van der Waals surface area (Å²) in [7, 11) is 0. The molecule has 0 fully saturated rings. The largest absolute Gasteiger partial charge is 0.508 e. The van der Waals surface area contributed by atoms with E-state index in [9.17, 15) is 15.0 Å². The van der Waals surface area contributed by atoms with E-state index in [0.717, 1.165) is 24.8 Å². The molecule has 0 radical (unpaired) electrons. The van der Waals surface area contributed by atoms with Gasteiger partial charge in [0.2, 0.25) is 0 Å². The molecule has 0 bridgehead atoms. The van der Waals surface area contributed by atoms with Crippen molar-refractivity contribution in [3.8, 4) is 23.0 Å². The van der Waals surface area contributed by atoms with Gasteiger partial charge in [-0.25, -0.2) is 0 Å². The number of ether oxygens (including phenoxy) is 3. The number of aliphatic hydroxyl groups excluding tert-OH is 1. The van der Waals surface area contributed by atoms with Gasteiger partial charge in [-0.3, -0.25) is 4.79 Å². The summed E-state index contributed by atoms with van der Waals surface area (Å²) >= 11 is 0. The smallest absolute Gasteiger partial charge is 0.311 e. The zero-order valence-corrected chi connectivity index (χ0v) is 25.1. The first-order chi connectivity index (χ1) is 20.5. The Balaban J connectivity index is 1.62. The Labute approximate surface area is 251 Å². The molecule has 0 heterocycles. The summed E-state index contributed by atoms with van der Waals surface area (Å²) in [5, 5.41) is 21.0. The first-order valence-electron chi connectivity index (χ1n) is 15.3. The minimum absolute atomic E-state index is 0.0469. The van der Waals surface area contributed by atoms with Gasteiger partial charge < -0.3 is 24.4 Å². The maximum Gasteiger partial charge on any atom is 0.311 e. The van der Waals surface area contributed by atoms with Gasteiger partial charge in [-0.2, -0.15) is 0 Å². The predicted octanol–water partition coefficient (Wildman–Crippen LogP) is 8.94. The van der Waals surface area contributed by atoms with Gasteiger partial charge in [0.25, 0.3) is 0 Å². The molecular weight excluding hydrogens is 528 g/mol. The normalized spacial score (nSPS) is 11.9. The van der Waals surface area contributed by atoms with Crippen LogP contribution in [0.2, 0.25) is 0 Å². The van der Waals surface area contributed by atoms with Crippen molar-refractivity contribution in [1.29, 1.82) is 0 Å². The van der Waals surface area contributed by atoms with Gasteiger partial charge >= 0.3 is 5.97 Å². The van der Waals surface area contributed by atoms with Gasteiger partial charge in [-0.15, -0.1) is 0 Å². The minimum atomic E-state index is -1.02. The number of rotatable bonds is 19. The van der Waals surface area contributed by atoms with Crippen molar-refractivity contribution < 1.29 is 29.2 Å². The van der Waals surface area contributed by atoms with E-state index in [1.54, 1.807) is 30.4 Å². The number of hydrogen-bond donors (Lipinski definition) is 2. The highest BCUT2D eigenvalue weighted by Crippen LogP contribution is 2.32. The van der Waals surface area contributed by atoms with E-state index in [0.29, 0.717) is 48.0 Å². The first kappa shape index (κ1) is 32.7. The van der Waals surface area contributed by atoms with E-state index in [1.165, 1.54) is 50.7 Å². The first-order valence-corrected chi connectivity index (χ1v) is 15.3. The summed E-state index contributed by atoms with van der Waals surface area (Å²) < 4.78 is 17.3. The number of carbonyl (C=O) groups is 1. The molecule has 0 aliphatic rings. The van der Waals surface area contributed by atoms with Crippen molar-refractivity contribution in [3.05, 3.63) is 89.5 Å². The Morgan fingerprint density at radius 3 is 2.24 bits per heavy atom. The van der Waals surface area contributed by atoms with Gasteiger partial charge in [-0.05, 0) is 43.2 Å². The Morgan fingerprint density at radius 1 is 0.810 bits per heavy atom. The summed E-state index contributed by atoms with van der Waals surface area (Å²) in [4.78, 5) is 12.7. The average molecular weight is 575 g/mol. The fourth-order valence-corrected chi connectivity index (χ4v) is 4.68.